The third-order valence-corrected chi connectivity index (χ3v) is 1.79. The molecule has 0 spiro atoms. The molecular formula is C7H7IO. The monoisotopic (exact) mass is 234 g/mol. The van der Waals surface area contributed by atoms with Crippen LogP contribution >= 0.6 is 22.6 Å². The fourth-order valence-corrected chi connectivity index (χ4v) is 1.03. The molecule has 0 amide bonds. The van der Waals surface area contributed by atoms with Crippen LogP contribution in [0.25, 0.3) is 0 Å². The maximum Gasteiger partial charge on any atom is 0.130 e. The average Bonchev–Trinajstić information content (AvgIpc) is 1.90. The second kappa shape index (κ2) is 3.17. The Morgan fingerprint density at radius 3 is 2.11 bits per heavy atom. The molecule has 1 aromatic rings. The molecule has 1 rings (SSSR count). The van der Waals surface area contributed by atoms with Crippen LogP contribution in [0, 0.1) is 0 Å². The van der Waals surface area contributed by atoms with Crippen molar-refractivity contribution >= 4 is 22.6 Å². The van der Waals surface area contributed by atoms with Crippen molar-refractivity contribution < 1.29 is 5.11 Å². The first-order valence-corrected chi connectivity index (χ1v) is 3.92. The van der Waals surface area contributed by atoms with Crippen molar-refractivity contribution in [2.45, 2.75) is 4.11 Å². The van der Waals surface area contributed by atoms with Crippen LogP contribution in [0.3, 0.4) is 0 Å². The van der Waals surface area contributed by atoms with Gasteiger partial charge < -0.3 is 5.11 Å². The minimum Gasteiger partial charge on any atom is -0.378 e. The topological polar surface area (TPSA) is 20.2 Å². The lowest BCUT2D eigenvalue weighted by molar-refractivity contribution is 0.286. The van der Waals surface area contributed by atoms with Gasteiger partial charge in [0.2, 0.25) is 0 Å². The summed E-state index contributed by atoms with van der Waals surface area (Å²) < 4.78 is -0.371. The number of alkyl halides is 1. The van der Waals surface area contributed by atoms with Gasteiger partial charge in [-0.15, -0.1) is 0 Å². The smallest absolute Gasteiger partial charge is 0.130 e. The molecule has 0 fully saturated rings. The second-order valence-electron chi connectivity index (χ2n) is 1.75. The highest BCUT2D eigenvalue weighted by molar-refractivity contribution is 14.1. The molecule has 48 valence electrons. The Balaban J connectivity index is 2.85. The van der Waals surface area contributed by atoms with Crippen LogP contribution in [0.2, 0.25) is 0 Å². The van der Waals surface area contributed by atoms with Crippen molar-refractivity contribution in [1.29, 1.82) is 0 Å². The number of benzene rings is 1. The third-order valence-electron chi connectivity index (χ3n) is 1.07. The Hall–Kier alpha value is -0.0900. The van der Waals surface area contributed by atoms with Gasteiger partial charge in [-0.2, -0.15) is 0 Å². The maximum absolute atomic E-state index is 9.01. The molecule has 0 unspecified atom stereocenters. The van der Waals surface area contributed by atoms with Gasteiger partial charge in [0.05, 0.1) is 0 Å². The summed E-state index contributed by atoms with van der Waals surface area (Å²) in [5.74, 6) is 0. The van der Waals surface area contributed by atoms with E-state index in [1.165, 1.54) is 0 Å². The summed E-state index contributed by atoms with van der Waals surface area (Å²) >= 11 is 1.96. The summed E-state index contributed by atoms with van der Waals surface area (Å²) in [5.41, 5.74) is 0.957. The van der Waals surface area contributed by atoms with E-state index in [4.69, 9.17) is 5.11 Å². The van der Waals surface area contributed by atoms with Crippen LogP contribution in [0.15, 0.2) is 30.3 Å². The van der Waals surface area contributed by atoms with Crippen molar-refractivity contribution in [3.8, 4) is 0 Å². The van der Waals surface area contributed by atoms with Gasteiger partial charge in [-0.1, -0.05) is 30.3 Å². The molecule has 0 radical (unpaired) electrons. The lowest BCUT2D eigenvalue weighted by Gasteiger charge is -1.99. The van der Waals surface area contributed by atoms with Crippen molar-refractivity contribution in [1.82, 2.24) is 0 Å². The third kappa shape index (κ3) is 1.95. The van der Waals surface area contributed by atoms with Gasteiger partial charge in [0, 0.05) is 0 Å². The number of aliphatic hydroxyl groups is 1. The molecule has 1 aromatic carbocycles. The van der Waals surface area contributed by atoms with Gasteiger partial charge in [-0.3, -0.25) is 0 Å². The summed E-state index contributed by atoms with van der Waals surface area (Å²) in [7, 11) is 0. The van der Waals surface area contributed by atoms with Crippen molar-refractivity contribution in [2.75, 3.05) is 0 Å². The van der Waals surface area contributed by atoms with E-state index in [1.807, 2.05) is 52.9 Å². The van der Waals surface area contributed by atoms with Crippen LogP contribution < -0.4 is 0 Å². The average molecular weight is 234 g/mol. The van der Waals surface area contributed by atoms with Crippen LogP contribution in [0.4, 0.5) is 0 Å². The minimum atomic E-state index is -0.371. The van der Waals surface area contributed by atoms with Crippen LogP contribution in [-0.2, 0) is 0 Å². The Bertz CT molecular complexity index is 172. The fraction of sp³-hybridized carbons (Fsp3) is 0.143. The van der Waals surface area contributed by atoms with Crippen LogP contribution in [0.1, 0.15) is 9.67 Å². The standard InChI is InChI=1S/C7H7IO/c8-7(9)6-4-2-1-3-5-6/h1-5,7,9H/t7-/m0/s1. The zero-order valence-corrected chi connectivity index (χ0v) is 6.95. The largest absolute Gasteiger partial charge is 0.378 e. The summed E-state index contributed by atoms with van der Waals surface area (Å²) in [5, 5.41) is 9.01. The van der Waals surface area contributed by atoms with Crippen molar-refractivity contribution in [3.05, 3.63) is 35.9 Å². The Kier molecular flexibility index (Phi) is 2.48. The molecule has 0 aliphatic heterocycles. The lowest BCUT2D eigenvalue weighted by Crippen LogP contribution is -1.83. The Morgan fingerprint density at radius 2 is 1.78 bits per heavy atom. The van der Waals surface area contributed by atoms with E-state index in [-0.39, 0.29) is 4.11 Å². The SMILES string of the molecule is O[C@H](I)c1ccccc1. The summed E-state index contributed by atoms with van der Waals surface area (Å²) in [6.07, 6.45) is 0. The number of halogens is 1. The van der Waals surface area contributed by atoms with E-state index in [2.05, 4.69) is 0 Å². The number of hydrogen-bond donors (Lipinski definition) is 1. The molecule has 0 aliphatic rings. The van der Waals surface area contributed by atoms with Crippen molar-refractivity contribution in [2.24, 2.45) is 0 Å². The van der Waals surface area contributed by atoms with Crippen LogP contribution in [-0.4, -0.2) is 5.11 Å². The first-order valence-electron chi connectivity index (χ1n) is 2.68. The number of aliphatic hydroxyl groups excluding tert-OH is 1. The molecule has 0 heterocycles. The van der Waals surface area contributed by atoms with E-state index < -0.39 is 0 Å². The Labute approximate surface area is 67.9 Å². The molecule has 2 heteroatoms. The lowest BCUT2D eigenvalue weighted by atomic mass is 10.2. The van der Waals surface area contributed by atoms with E-state index >= 15 is 0 Å². The van der Waals surface area contributed by atoms with E-state index in [0.29, 0.717) is 0 Å². The first kappa shape index (κ1) is 7.02. The highest BCUT2D eigenvalue weighted by atomic mass is 127. The van der Waals surface area contributed by atoms with E-state index in [9.17, 15) is 0 Å². The summed E-state index contributed by atoms with van der Waals surface area (Å²) in [4.78, 5) is 0. The fourth-order valence-electron chi connectivity index (χ4n) is 0.612. The summed E-state index contributed by atoms with van der Waals surface area (Å²) in [6.45, 7) is 0. The van der Waals surface area contributed by atoms with Gasteiger partial charge in [-0.25, -0.2) is 0 Å². The molecule has 0 bridgehead atoms. The quantitative estimate of drug-likeness (QED) is 0.582. The summed E-state index contributed by atoms with van der Waals surface area (Å²) in [6, 6.07) is 9.56. The zero-order chi connectivity index (χ0) is 6.69. The Morgan fingerprint density at radius 1 is 1.22 bits per heavy atom. The molecule has 1 N–H and O–H groups in total. The zero-order valence-electron chi connectivity index (χ0n) is 4.79. The van der Waals surface area contributed by atoms with E-state index in [1.54, 1.807) is 0 Å². The normalized spacial score (nSPS) is 13.1. The highest BCUT2D eigenvalue weighted by Gasteiger charge is 1.97. The van der Waals surface area contributed by atoms with Gasteiger partial charge in [-0.05, 0) is 28.2 Å². The number of hydrogen-bond acceptors (Lipinski definition) is 1. The molecule has 1 atom stereocenters. The maximum atomic E-state index is 9.01. The van der Waals surface area contributed by atoms with Gasteiger partial charge in [0.15, 0.2) is 0 Å². The molecule has 0 saturated carbocycles. The molecular weight excluding hydrogens is 227 g/mol. The van der Waals surface area contributed by atoms with Gasteiger partial charge in [0.1, 0.15) is 4.11 Å². The molecule has 0 aromatic heterocycles. The second-order valence-corrected chi connectivity index (χ2v) is 2.93. The molecule has 9 heavy (non-hydrogen) atoms. The van der Waals surface area contributed by atoms with Crippen LogP contribution in [0.5, 0.6) is 0 Å². The van der Waals surface area contributed by atoms with Crippen molar-refractivity contribution in [3.63, 3.8) is 0 Å². The van der Waals surface area contributed by atoms with Gasteiger partial charge in [0.25, 0.3) is 0 Å². The number of rotatable bonds is 1. The minimum absolute atomic E-state index is 0.371. The van der Waals surface area contributed by atoms with E-state index in [0.717, 1.165) is 5.56 Å². The first-order chi connectivity index (χ1) is 4.30. The predicted octanol–water partition coefficient (Wildman–Crippen LogP) is 2.11. The predicted molar refractivity (Wildman–Crippen MR) is 45.4 cm³/mol. The van der Waals surface area contributed by atoms with Gasteiger partial charge >= 0.3 is 0 Å². The molecule has 1 nitrogen and oxygen atoms in total. The highest BCUT2D eigenvalue weighted by Crippen LogP contribution is 2.17. The molecule has 0 aliphatic carbocycles. The molecule has 0 saturated heterocycles.